The van der Waals surface area contributed by atoms with Gasteiger partial charge in [0, 0.05) is 18.1 Å². The molecular formula is C18H27F3N2. The average molecular weight is 328 g/mol. The number of benzene rings is 1. The zero-order valence-electron chi connectivity index (χ0n) is 14.3. The fourth-order valence-electron chi connectivity index (χ4n) is 3.61. The van der Waals surface area contributed by atoms with Crippen LogP contribution in [-0.4, -0.2) is 37.1 Å². The monoisotopic (exact) mass is 328 g/mol. The SMILES string of the molecule is CC(C)N[C@H]1CC[C@H](c2cccc(C(F)(F)F)c2)C[C@@H]1N(C)C. The number of nitrogens with one attached hydrogen (secondary N) is 1. The first-order valence-electron chi connectivity index (χ1n) is 8.28. The van der Waals surface area contributed by atoms with Gasteiger partial charge in [-0.15, -0.1) is 0 Å². The van der Waals surface area contributed by atoms with Crippen molar-refractivity contribution < 1.29 is 13.2 Å². The summed E-state index contributed by atoms with van der Waals surface area (Å²) in [7, 11) is 4.10. The average Bonchev–Trinajstić information content (AvgIpc) is 2.46. The fourth-order valence-corrected chi connectivity index (χ4v) is 3.61. The third-order valence-corrected chi connectivity index (χ3v) is 4.71. The van der Waals surface area contributed by atoms with E-state index in [1.807, 2.05) is 20.2 Å². The Morgan fingerprint density at radius 1 is 1.17 bits per heavy atom. The Balaban J connectivity index is 2.16. The Hall–Kier alpha value is -1.07. The molecular weight excluding hydrogens is 301 g/mol. The van der Waals surface area contributed by atoms with Crippen molar-refractivity contribution in [2.45, 2.75) is 63.3 Å². The first-order valence-corrected chi connectivity index (χ1v) is 8.28. The van der Waals surface area contributed by atoms with Crippen LogP contribution in [-0.2, 0) is 6.18 Å². The van der Waals surface area contributed by atoms with Crippen molar-refractivity contribution in [3.05, 3.63) is 35.4 Å². The minimum absolute atomic E-state index is 0.190. The van der Waals surface area contributed by atoms with E-state index in [4.69, 9.17) is 0 Å². The molecule has 1 aromatic rings. The first kappa shape index (κ1) is 18.3. The van der Waals surface area contributed by atoms with E-state index in [1.165, 1.54) is 12.1 Å². The van der Waals surface area contributed by atoms with Gasteiger partial charge in [0.25, 0.3) is 0 Å². The number of hydrogen-bond acceptors (Lipinski definition) is 2. The molecule has 130 valence electrons. The van der Waals surface area contributed by atoms with E-state index in [0.717, 1.165) is 30.9 Å². The van der Waals surface area contributed by atoms with Crippen LogP contribution < -0.4 is 5.32 Å². The van der Waals surface area contributed by atoms with Crippen molar-refractivity contribution in [1.29, 1.82) is 0 Å². The molecule has 0 aromatic heterocycles. The Bertz CT molecular complexity index is 511. The van der Waals surface area contributed by atoms with E-state index >= 15 is 0 Å². The quantitative estimate of drug-likeness (QED) is 0.888. The molecule has 1 aliphatic carbocycles. The van der Waals surface area contributed by atoms with E-state index in [2.05, 4.69) is 24.1 Å². The van der Waals surface area contributed by atoms with Gasteiger partial charge in [-0.2, -0.15) is 13.2 Å². The van der Waals surface area contributed by atoms with Crippen LogP contribution >= 0.6 is 0 Å². The maximum absolute atomic E-state index is 12.9. The maximum atomic E-state index is 12.9. The summed E-state index contributed by atoms with van der Waals surface area (Å²) >= 11 is 0. The van der Waals surface area contributed by atoms with Crippen LogP contribution in [0.25, 0.3) is 0 Å². The van der Waals surface area contributed by atoms with Crippen LogP contribution in [0.1, 0.15) is 50.2 Å². The number of halogens is 3. The van der Waals surface area contributed by atoms with Gasteiger partial charge >= 0.3 is 6.18 Å². The van der Waals surface area contributed by atoms with E-state index in [-0.39, 0.29) is 5.92 Å². The molecule has 0 amide bonds. The van der Waals surface area contributed by atoms with Crippen LogP contribution in [0.4, 0.5) is 13.2 Å². The standard InChI is InChI=1S/C18H27F3N2/c1-12(2)22-16-9-8-14(11-17(16)23(3)4)13-6-5-7-15(10-13)18(19,20)21/h5-7,10,12,14,16-17,22H,8-9,11H2,1-4H3/t14-,16-,17-/m0/s1. The summed E-state index contributed by atoms with van der Waals surface area (Å²) in [4.78, 5) is 2.19. The maximum Gasteiger partial charge on any atom is 0.416 e. The van der Waals surface area contributed by atoms with Crippen LogP contribution in [0.15, 0.2) is 24.3 Å². The van der Waals surface area contributed by atoms with Crippen molar-refractivity contribution in [3.8, 4) is 0 Å². The Morgan fingerprint density at radius 2 is 1.87 bits per heavy atom. The van der Waals surface area contributed by atoms with Gasteiger partial charge in [-0.1, -0.05) is 32.0 Å². The van der Waals surface area contributed by atoms with Gasteiger partial charge in [-0.25, -0.2) is 0 Å². The molecule has 0 bridgehead atoms. The molecule has 0 spiro atoms. The number of alkyl halides is 3. The van der Waals surface area contributed by atoms with Crippen LogP contribution in [0.5, 0.6) is 0 Å². The van der Waals surface area contributed by atoms with Gasteiger partial charge in [0.2, 0.25) is 0 Å². The highest BCUT2D eigenvalue weighted by atomic mass is 19.4. The summed E-state index contributed by atoms with van der Waals surface area (Å²) in [6, 6.07) is 6.99. The number of hydrogen-bond donors (Lipinski definition) is 1. The molecule has 23 heavy (non-hydrogen) atoms. The lowest BCUT2D eigenvalue weighted by molar-refractivity contribution is -0.137. The number of likely N-dealkylation sites (N-methyl/N-ethyl adjacent to an activating group) is 1. The highest BCUT2D eigenvalue weighted by molar-refractivity contribution is 5.29. The minimum atomic E-state index is -4.27. The second-order valence-corrected chi connectivity index (χ2v) is 7.09. The first-order chi connectivity index (χ1) is 10.7. The summed E-state index contributed by atoms with van der Waals surface area (Å²) < 4.78 is 38.8. The molecule has 5 heteroatoms. The van der Waals surface area contributed by atoms with Crippen LogP contribution in [0.3, 0.4) is 0 Å². The molecule has 1 aromatic carbocycles. The number of nitrogens with zero attached hydrogens (tertiary/aromatic N) is 1. The van der Waals surface area contributed by atoms with Crippen molar-refractivity contribution in [2.24, 2.45) is 0 Å². The molecule has 0 unspecified atom stereocenters. The number of rotatable bonds is 4. The largest absolute Gasteiger partial charge is 0.416 e. The predicted octanol–water partition coefficient (Wildman–Crippen LogP) is 4.27. The van der Waals surface area contributed by atoms with Crippen molar-refractivity contribution >= 4 is 0 Å². The molecule has 1 N–H and O–H groups in total. The molecule has 1 fully saturated rings. The molecule has 2 rings (SSSR count). The Kier molecular flexibility index (Phi) is 5.74. The summed E-state index contributed by atoms with van der Waals surface area (Å²) in [5.74, 6) is 0.190. The topological polar surface area (TPSA) is 15.3 Å². The third kappa shape index (κ3) is 4.70. The normalized spacial score (nSPS) is 26.0. The van der Waals surface area contributed by atoms with Gasteiger partial charge in [-0.3, -0.25) is 0 Å². The van der Waals surface area contributed by atoms with Gasteiger partial charge in [-0.05, 0) is 50.9 Å². The second kappa shape index (κ2) is 7.22. The van der Waals surface area contributed by atoms with E-state index in [9.17, 15) is 13.2 Å². The zero-order chi connectivity index (χ0) is 17.2. The van der Waals surface area contributed by atoms with Crippen molar-refractivity contribution in [2.75, 3.05) is 14.1 Å². The molecule has 0 radical (unpaired) electrons. The highest BCUT2D eigenvalue weighted by Crippen LogP contribution is 2.37. The van der Waals surface area contributed by atoms with Crippen LogP contribution in [0.2, 0.25) is 0 Å². The lowest BCUT2D eigenvalue weighted by Crippen LogP contribution is -2.52. The Morgan fingerprint density at radius 3 is 2.43 bits per heavy atom. The van der Waals surface area contributed by atoms with E-state index in [1.54, 1.807) is 0 Å². The second-order valence-electron chi connectivity index (χ2n) is 7.09. The lowest BCUT2D eigenvalue weighted by atomic mass is 9.77. The molecule has 1 saturated carbocycles. The predicted molar refractivity (Wildman–Crippen MR) is 87.6 cm³/mol. The van der Waals surface area contributed by atoms with E-state index < -0.39 is 11.7 Å². The van der Waals surface area contributed by atoms with Gasteiger partial charge in [0.05, 0.1) is 5.56 Å². The molecule has 0 saturated heterocycles. The van der Waals surface area contributed by atoms with Crippen molar-refractivity contribution in [1.82, 2.24) is 10.2 Å². The summed E-state index contributed by atoms with van der Waals surface area (Å²) in [6.45, 7) is 4.26. The molecule has 2 nitrogen and oxygen atoms in total. The summed E-state index contributed by atoms with van der Waals surface area (Å²) in [5, 5.41) is 3.60. The smallest absolute Gasteiger partial charge is 0.310 e. The Labute approximate surface area is 137 Å². The molecule has 0 aliphatic heterocycles. The summed E-state index contributed by atoms with van der Waals surface area (Å²) in [6.07, 6.45) is -1.47. The fraction of sp³-hybridized carbons (Fsp3) is 0.667. The van der Waals surface area contributed by atoms with Gasteiger partial charge in [0.1, 0.15) is 0 Å². The van der Waals surface area contributed by atoms with E-state index in [0.29, 0.717) is 18.1 Å². The molecule has 1 aliphatic rings. The highest BCUT2D eigenvalue weighted by Gasteiger charge is 2.34. The lowest BCUT2D eigenvalue weighted by Gasteiger charge is -2.41. The zero-order valence-corrected chi connectivity index (χ0v) is 14.3. The van der Waals surface area contributed by atoms with Gasteiger partial charge in [0.15, 0.2) is 0 Å². The summed E-state index contributed by atoms with van der Waals surface area (Å²) in [5.41, 5.74) is 0.272. The van der Waals surface area contributed by atoms with Crippen molar-refractivity contribution in [3.63, 3.8) is 0 Å². The van der Waals surface area contributed by atoms with Crippen LogP contribution in [0, 0.1) is 0 Å². The minimum Gasteiger partial charge on any atom is -0.310 e. The third-order valence-electron chi connectivity index (χ3n) is 4.71. The molecule has 0 heterocycles. The van der Waals surface area contributed by atoms with Gasteiger partial charge < -0.3 is 10.2 Å². The molecule has 3 atom stereocenters.